The summed E-state index contributed by atoms with van der Waals surface area (Å²) >= 11 is 0. The van der Waals surface area contributed by atoms with E-state index in [0.717, 1.165) is 5.56 Å². The monoisotopic (exact) mass is 381 g/mol. The summed E-state index contributed by atoms with van der Waals surface area (Å²) in [5, 5.41) is 9.21. The molecular formula is C20H19N3O5. The molecule has 8 nitrogen and oxygen atoms in total. The third-order valence-electron chi connectivity index (χ3n) is 4.02. The second-order valence-electron chi connectivity index (χ2n) is 5.76. The van der Waals surface area contributed by atoms with Crippen molar-refractivity contribution >= 4 is 11.6 Å². The fourth-order valence-electron chi connectivity index (χ4n) is 2.68. The highest BCUT2D eigenvalue weighted by Gasteiger charge is 2.17. The second-order valence-corrected chi connectivity index (χ2v) is 5.76. The number of amides is 1. The molecule has 2 N–H and O–H groups in total. The summed E-state index contributed by atoms with van der Waals surface area (Å²) in [4.78, 5) is 23.9. The van der Waals surface area contributed by atoms with Crippen molar-refractivity contribution in [3.05, 3.63) is 64.4 Å². The lowest BCUT2D eigenvalue weighted by molar-refractivity contribution is 0.102. The molecule has 0 unspecified atom stereocenters. The number of benzene rings is 2. The Hall–Kier alpha value is -3.81. The van der Waals surface area contributed by atoms with Gasteiger partial charge in [-0.15, -0.1) is 0 Å². The minimum atomic E-state index is -0.342. The number of H-pyrrole nitrogens is 1. The molecular weight excluding hydrogens is 362 g/mol. The zero-order valence-electron chi connectivity index (χ0n) is 15.6. The first-order chi connectivity index (χ1) is 13.5. The van der Waals surface area contributed by atoms with Crippen LogP contribution >= 0.6 is 0 Å². The molecule has 0 aliphatic rings. The molecule has 3 aromatic rings. The maximum Gasteiger partial charge on any atom is 0.264 e. The standard InChI is InChI=1S/C20H19N3O5/c1-26-16-10-13(11-17(27-2)19(16)28-3)20(25)21-14-6-4-5-12(9-14)15-7-8-18(24)23-22-15/h4-11H,1-3H3,(H,21,25)(H,23,24). The maximum absolute atomic E-state index is 12.7. The maximum atomic E-state index is 12.7. The van der Waals surface area contributed by atoms with Gasteiger partial charge in [0.2, 0.25) is 5.75 Å². The summed E-state index contributed by atoms with van der Waals surface area (Å²) in [5.74, 6) is 0.843. The second kappa shape index (κ2) is 8.26. The number of nitrogens with zero attached hydrogens (tertiary/aromatic N) is 1. The molecule has 1 aromatic heterocycles. The quantitative estimate of drug-likeness (QED) is 0.681. The van der Waals surface area contributed by atoms with Crippen molar-refractivity contribution in [2.75, 3.05) is 26.6 Å². The Kier molecular flexibility index (Phi) is 5.59. The van der Waals surface area contributed by atoms with E-state index in [1.807, 2.05) is 6.07 Å². The highest BCUT2D eigenvalue weighted by molar-refractivity contribution is 6.05. The zero-order chi connectivity index (χ0) is 20.1. The zero-order valence-corrected chi connectivity index (χ0v) is 15.6. The number of carbonyl (C=O) groups excluding carboxylic acids is 1. The molecule has 0 aliphatic heterocycles. The third kappa shape index (κ3) is 3.96. The molecule has 0 saturated carbocycles. The Morgan fingerprint density at radius 2 is 1.68 bits per heavy atom. The van der Waals surface area contributed by atoms with Crippen LogP contribution in [0.15, 0.2) is 53.3 Å². The Morgan fingerprint density at radius 3 is 2.25 bits per heavy atom. The van der Waals surface area contributed by atoms with Crippen LogP contribution in [0.25, 0.3) is 11.3 Å². The highest BCUT2D eigenvalue weighted by Crippen LogP contribution is 2.38. The molecule has 0 radical (unpaired) electrons. The largest absolute Gasteiger partial charge is 0.493 e. The van der Waals surface area contributed by atoms with Gasteiger partial charge in [-0.05, 0) is 30.3 Å². The molecule has 2 aromatic carbocycles. The molecule has 0 fully saturated rings. The number of hydrogen-bond donors (Lipinski definition) is 2. The number of methoxy groups -OCH3 is 3. The summed E-state index contributed by atoms with van der Waals surface area (Å²) in [6.07, 6.45) is 0. The van der Waals surface area contributed by atoms with Crippen LogP contribution in [-0.2, 0) is 0 Å². The Labute approximate surface area is 161 Å². The Morgan fingerprint density at radius 1 is 0.964 bits per heavy atom. The summed E-state index contributed by atoms with van der Waals surface area (Å²) < 4.78 is 15.8. The molecule has 0 spiro atoms. The number of aromatic amines is 1. The summed E-state index contributed by atoms with van der Waals surface area (Å²) in [6, 6.07) is 13.3. The SMILES string of the molecule is COc1cc(C(=O)Nc2cccc(-c3ccc(=O)[nH]n3)c2)cc(OC)c1OC. The number of hydrogen-bond acceptors (Lipinski definition) is 6. The third-order valence-corrected chi connectivity index (χ3v) is 4.02. The lowest BCUT2D eigenvalue weighted by Gasteiger charge is -2.14. The average molecular weight is 381 g/mol. The van der Waals surface area contributed by atoms with Gasteiger partial charge in [0.05, 0.1) is 27.0 Å². The van der Waals surface area contributed by atoms with Crippen molar-refractivity contribution in [2.45, 2.75) is 0 Å². The van der Waals surface area contributed by atoms with Crippen molar-refractivity contribution in [1.29, 1.82) is 0 Å². The molecule has 1 amide bonds. The van der Waals surface area contributed by atoms with Crippen LogP contribution in [0, 0.1) is 0 Å². The number of nitrogens with one attached hydrogen (secondary N) is 2. The van der Waals surface area contributed by atoms with Crippen LogP contribution in [0.3, 0.4) is 0 Å². The molecule has 3 rings (SSSR count). The van der Waals surface area contributed by atoms with Gasteiger partial charge in [-0.1, -0.05) is 12.1 Å². The van der Waals surface area contributed by atoms with Gasteiger partial charge in [-0.2, -0.15) is 5.10 Å². The van der Waals surface area contributed by atoms with Crippen molar-refractivity contribution < 1.29 is 19.0 Å². The van der Waals surface area contributed by atoms with E-state index in [1.165, 1.54) is 27.4 Å². The normalized spacial score (nSPS) is 10.2. The van der Waals surface area contributed by atoms with E-state index in [1.54, 1.807) is 36.4 Å². The number of carbonyl (C=O) groups is 1. The number of aromatic nitrogens is 2. The van der Waals surface area contributed by atoms with Gasteiger partial charge >= 0.3 is 0 Å². The molecule has 0 saturated heterocycles. The first-order valence-corrected chi connectivity index (χ1v) is 8.33. The van der Waals surface area contributed by atoms with Gasteiger partial charge in [0.1, 0.15) is 0 Å². The minimum Gasteiger partial charge on any atom is -0.493 e. The van der Waals surface area contributed by atoms with Crippen LogP contribution in [-0.4, -0.2) is 37.4 Å². The van der Waals surface area contributed by atoms with Crippen molar-refractivity contribution in [1.82, 2.24) is 10.2 Å². The van der Waals surface area contributed by atoms with E-state index in [4.69, 9.17) is 14.2 Å². The summed E-state index contributed by atoms with van der Waals surface area (Å²) in [7, 11) is 4.47. The van der Waals surface area contributed by atoms with Crippen LogP contribution in [0.2, 0.25) is 0 Å². The fraction of sp³-hybridized carbons (Fsp3) is 0.150. The van der Waals surface area contributed by atoms with E-state index in [9.17, 15) is 9.59 Å². The van der Waals surface area contributed by atoms with E-state index >= 15 is 0 Å². The van der Waals surface area contributed by atoms with Crippen LogP contribution < -0.4 is 25.1 Å². The fourth-order valence-corrected chi connectivity index (χ4v) is 2.68. The number of rotatable bonds is 6. The Bertz CT molecular complexity index is 1020. The lowest BCUT2D eigenvalue weighted by atomic mass is 10.1. The molecule has 0 bridgehead atoms. The van der Waals surface area contributed by atoms with Gasteiger partial charge in [0.15, 0.2) is 11.5 Å². The van der Waals surface area contributed by atoms with E-state index in [2.05, 4.69) is 15.5 Å². The van der Waals surface area contributed by atoms with Crippen LogP contribution in [0.1, 0.15) is 10.4 Å². The molecule has 0 aliphatic carbocycles. The van der Waals surface area contributed by atoms with Gasteiger partial charge in [-0.3, -0.25) is 9.59 Å². The van der Waals surface area contributed by atoms with E-state index in [-0.39, 0.29) is 11.5 Å². The van der Waals surface area contributed by atoms with Crippen molar-refractivity contribution in [2.24, 2.45) is 0 Å². The Balaban J connectivity index is 1.88. The number of ether oxygens (including phenoxy) is 3. The molecule has 0 atom stereocenters. The van der Waals surface area contributed by atoms with Crippen LogP contribution in [0.4, 0.5) is 5.69 Å². The first kappa shape index (κ1) is 19.0. The van der Waals surface area contributed by atoms with Crippen LogP contribution in [0.5, 0.6) is 17.2 Å². The van der Waals surface area contributed by atoms with Gasteiger partial charge < -0.3 is 19.5 Å². The first-order valence-electron chi connectivity index (χ1n) is 8.33. The predicted octanol–water partition coefficient (Wildman–Crippen LogP) is 2.72. The van der Waals surface area contributed by atoms with Gasteiger partial charge in [0.25, 0.3) is 11.5 Å². The number of anilines is 1. The lowest BCUT2D eigenvalue weighted by Crippen LogP contribution is -2.12. The van der Waals surface area contributed by atoms with Gasteiger partial charge in [0, 0.05) is 22.9 Å². The summed E-state index contributed by atoms with van der Waals surface area (Å²) in [5.41, 5.74) is 1.98. The van der Waals surface area contributed by atoms with Gasteiger partial charge in [-0.25, -0.2) is 5.10 Å². The van der Waals surface area contributed by atoms with Crippen molar-refractivity contribution in [3.8, 4) is 28.5 Å². The van der Waals surface area contributed by atoms with E-state index < -0.39 is 0 Å². The smallest absolute Gasteiger partial charge is 0.264 e. The highest BCUT2D eigenvalue weighted by atomic mass is 16.5. The molecule has 144 valence electrons. The summed E-state index contributed by atoms with van der Waals surface area (Å²) in [6.45, 7) is 0. The van der Waals surface area contributed by atoms with E-state index in [0.29, 0.717) is 34.2 Å². The molecule has 8 heteroatoms. The topological polar surface area (TPSA) is 103 Å². The predicted molar refractivity (Wildman–Crippen MR) is 104 cm³/mol. The molecule has 28 heavy (non-hydrogen) atoms. The minimum absolute atomic E-state index is 0.282. The molecule has 1 heterocycles. The van der Waals surface area contributed by atoms with Crippen molar-refractivity contribution in [3.63, 3.8) is 0 Å². The average Bonchev–Trinajstić information content (AvgIpc) is 2.73.